The van der Waals surface area contributed by atoms with Crippen molar-refractivity contribution >= 4 is 11.0 Å². The summed E-state index contributed by atoms with van der Waals surface area (Å²) in [6.07, 6.45) is 3.46. The number of rotatable bonds is 0. The number of fused-ring (bicyclic) bond motifs is 3. The van der Waals surface area contributed by atoms with Crippen LogP contribution in [0.15, 0.2) is 12.4 Å². The molecule has 3 rings (SSSR count). The maximum Gasteiger partial charge on any atom is 0.149 e. The third-order valence-electron chi connectivity index (χ3n) is 3.09. The van der Waals surface area contributed by atoms with Crippen molar-refractivity contribution in [1.82, 2.24) is 9.97 Å². The van der Waals surface area contributed by atoms with Gasteiger partial charge >= 0.3 is 0 Å². The molecule has 1 aliphatic heterocycles. The molecule has 0 saturated heterocycles. The number of benzene rings is 1. The van der Waals surface area contributed by atoms with E-state index < -0.39 is 0 Å². The first-order valence-corrected chi connectivity index (χ1v) is 5.44. The van der Waals surface area contributed by atoms with Crippen LogP contribution in [0.3, 0.4) is 0 Å². The largest absolute Gasteiger partial charge is 0.506 e. The molecule has 0 unspecified atom stereocenters. The number of phenolic OH excluding ortho intramolecular Hbond substituents is 1. The maximum absolute atomic E-state index is 9.81. The van der Waals surface area contributed by atoms with Crippen molar-refractivity contribution in [2.24, 2.45) is 0 Å². The van der Waals surface area contributed by atoms with Gasteiger partial charge in [0.15, 0.2) is 0 Å². The van der Waals surface area contributed by atoms with E-state index in [-0.39, 0.29) is 11.4 Å². The SMILES string of the molecule is CC1(C)CCc2cc(O)c3nc[nH]c3c2O1. The average molecular weight is 218 g/mol. The molecule has 0 amide bonds. The van der Waals surface area contributed by atoms with Gasteiger partial charge in [0, 0.05) is 5.56 Å². The van der Waals surface area contributed by atoms with Gasteiger partial charge in [-0.25, -0.2) is 4.98 Å². The maximum atomic E-state index is 9.81. The van der Waals surface area contributed by atoms with Gasteiger partial charge in [-0.05, 0) is 32.8 Å². The van der Waals surface area contributed by atoms with E-state index in [9.17, 15) is 5.11 Å². The van der Waals surface area contributed by atoms with Crippen LogP contribution in [0.4, 0.5) is 0 Å². The zero-order valence-electron chi connectivity index (χ0n) is 9.37. The summed E-state index contributed by atoms with van der Waals surface area (Å²) in [5, 5.41) is 9.81. The Labute approximate surface area is 93.3 Å². The predicted molar refractivity (Wildman–Crippen MR) is 60.8 cm³/mol. The number of aryl methyl sites for hydroxylation is 1. The molecule has 84 valence electrons. The lowest BCUT2D eigenvalue weighted by molar-refractivity contribution is 0.0865. The number of aromatic nitrogens is 2. The first-order valence-electron chi connectivity index (χ1n) is 5.44. The summed E-state index contributed by atoms with van der Waals surface area (Å²) < 4.78 is 5.96. The summed E-state index contributed by atoms with van der Waals surface area (Å²) in [5.74, 6) is 1.06. The first kappa shape index (κ1) is 9.51. The van der Waals surface area contributed by atoms with Crippen molar-refractivity contribution in [3.8, 4) is 11.5 Å². The Morgan fingerprint density at radius 3 is 3.12 bits per heavy atom. The summed E-state index contributed by atoms with van der Waals surface area (Å²) >= 11 is 0. The van der Waals surface area contributed by atoms with Crippen LogP contribution < -0.4 is 4.74 Å². The Hall–Kier alpha value is -1.71. The molecule has 2 N–H and O–H groups in total. The predicted octanol–water partition coefficient (Wildman–Crippen LogP) is 2.37. The molecule has 2 aromatic rings. The molecule has 0 saturated carbocycles. The summed E-state index contributed by atoms with van der Waals surface area (Å²) in [6, 6.07) is 1.76. The van der Waals surface area contributed by atoms with Crippen molar-refractivity contribution in [2.75, 3.05) is 0 Å². The van der Waals surface area contributed by atoms with Crippen LogP contribution >= 0.6 is 0 Å². The third-order valence-corrected chi connectivity index (χ3v) is 3.09. The quantitative estimate of drug-likeness (QED) is 0.713. The minimum Gasteiger partial charge on any atom is -0.506 e. The molecule has 2 heterocycles. The number of aromatic hydroxyl groups is 1. The van der Waals surface area contributed by atoms with E-state index in [0.717, 1.165) is 29.7 Å². The summed E-state index contributed by atoms with van der Waals surface area (Å²) in [6.45, 7) is 4.15. The van der Waals surface area contributed by atoms with Crippen LogP contribution in [0.1, 0.15) is 25.8 Å². The van der Waals surface area contributed by atoms with E-state index in [1.165, 1.54) is 0 Å². The van der Waals surface area contributed by atoms with E-state index in [2.05, 4.69) is 23.8 Å². The highest BCUT2D eigenvalue weighted by Gasteiger charge is 2.29. The number of ether oxygens (including phenoxy) is 1. The number of aromatic amines is 1. The molecule has 0 atom stereocenters. The number of nitrogens with one attached hydrogen (secondary N) is 1. The van der Waals surface area contributed by atoms with Crippen molar-refractivity contribution in [2.45, 2.75) is 32.3 Å². The van der Waals surface area contributed by atoms with Crippen LogP contribution in [0.25, 0.3) is 11.0 Å². The fraction of sp³-hybridized carbons (Fsp3) is 0.417. The van der Waals surface area contributed by atoms with Gasteiger partial charge in [-0.2, -0.15) is 0 Å². The summed E-state index contributed by atoms with van der Waals surface area (Å²) in [7, 11) is 0. The highest BCUT2D eigenvalue weighted by Crippen LogP contribution is 2.40. The van der Waals surface area contributed by atoms with Gasteiger partial charge in [-0.15, -0.1) is 0 Å². The van der Waals surface area contributed by atoms with Gasteiger partial charge in [0.2, 0.25) is 0 Å². The highest BCUT2D eigenvalue weighted by atomic mass is 16.5. The fourth-order valence-corrected chi connectivity index (χ4v) is 2.19. The van der Waals surface area contributed by atoms with E-state index in [1.807, 2.05) is 0 Å². The number of nitrogens with zero attached hydrogens (tertiary/aromatic N) is 1. The third kappa shape index (κ3) is 1.26. The van der Waals surface area contributed by atoms with Gasteiger partial charge in [0.1, 0.15) is 28.1 Å². The minimum atomic E-state index is -0.151. The smallest absolute Gasteiger partial charge is 0.149 e. The van der Waals surface area contributed by atoms with Crippen LogP contribution in [0.2, 0.25) is 0 Å². The Morgan fingerprint density at radius 1 is 1.50 bits per heavy atom. The zero-order chi connectivity index (χ0) is 11.3. The lowest BCUT2D eigenvalue weighted by atomic mass is 9.94. The Kier molecular flexibility index (Phi) is 1.73. The fourth-order valence-electron chi connectivity index (χ4n) is 2.19. The molecule has 0 radical (unpaired) electrons. The zero-order valence-corrected chi connectivity index (χ0v) is 9.37. The number of imidazole rings is 1. The van der Waals surface area contributed by atoms with E-state index in [4.69, 9.17) is 4.74 Å². The lowest BCUT2D eigenvalue weighted by Crippen LogP contribution is -2.32. The normalized spacial score (nSPS) is 18.1. The number of hydrogen-bond acceptors (Lipinski definition) is 3. The van der Waals surface area contributed by atoms with Gasteiger partial charge in [0.25, 0.3) is 0 Å². The first-order chi connectivity index (χ1) is 7.57. The Bertz CT molecular complexity index is 557. The number of phenols is 1. The van der Waals surface area contributed by atoms with Gasteiger partial charge < -0.3 is 14.8 Å². The van der Waals surface area contributed by atoms with E-state index >= 15 is 0 Å². The van der Waals surface area contributed by atoms with E-state index in [0.29, 0.717) is 5.52 Å². The second-order valence-corrected chi connectivity index (χ2v) is 4.87. The molecule has 0 spiro atoms. The van der Waals surface area contributed by atoms with Crippen LogP contribution in [-0.2, 0) is 6.42 Å². The van der Waals surface area contributed by atoms with Crippen LogP contribution in [-0.4, -0.2) is 20.7 Å². The van der Waals surface area contributed by atoms with Crippen molar-refractivity contribution in [3.05, 3.63) is 18.0 Å². The number of hydrogen-bond donors (Lipinski definition) is 2. The Balaban J connectivity index is 2.28. The molecule has 0 fully saturated rings. The Morgan fingerprint density at radius 2 is 2.31 bits per heavy atom. The standard InChI is InChI=1S/C12H14N2O2/c1-12(2)4-3-7-5-8(15)9-10(11(7)16-12)14-6-13-9/h5-6,15H,3-4H2,1-2H3,(H,13,14). The van der Waals surface area contributed by atoms with Crippen molar-refractivity contribution in [1.29, 1.82) is 0 Å². The van der Waals surface area contributed by atoms with E-state index in [1.54, 1.807) is 12.4 Å². The topological polar surface area (TPSA) is 58.1 Å². The van der Waals surface area contributed by atoms with Crippen molar-refractivity contribution < 1.29 is 9.84 Å². The van der Waals surface area contributed by atoms with Crippen LogP contribution in [0, 0.1) is 0 Å². The minimum absolute atomic E-state index is 0.151. The molecular weight excluding hydrogens is 204 g/mol. The molecule has 4 nitrogen and oxygen atoms in total. The number of H-pyrrole nitrogens is 1. The van der Waals surface area contributed by atoms with Gasteiger partial charge in [0.05, 0.1) is 6.33 Å². The summed E-state index contributed by atoms with van der Waals surface area (Å²) in [5.41, 5.74) is 2.27. The second-order valence-electron chi connectivity index (χ2n) is 4.87. The molecule has 0 aliphatic carbocycles. The molecule has 4 heteroatoms. The monoisotopic (exact) mass is 218 g/mol. The van der Waals surface area contributed by atoms with Crippen molar-refractivity contribution in [3.63, 3.8) is 0 Å². The molecular formula is C12H14N2O2. The van der Waals surface area contributed by atoms with Gasteiger partial charge in [-0.3, -0.25) is 0 Å². The lowest BCUT2D eigenvalue weighted by Gasteiger charge is -2.32. The molecule has 1 aromatic carbocycles. The summed E-state index contributed by atoms with van der Waals surface area (Å²) in [4.78, 5) is 7.12. The highest BCUT2D eigenvalue weighted by molar-refractivity contribution is 5.88. The second kappa shape index (κ2) is 2.90. The molecule has 1 aromatic heterocycles. The molecule has 1 aliphatic rings. The molecule has 0 bridgehead atoms. The average Bonchev–Trinajstić information content (AvgIpc) is 2.68. The van der Waals surface area contributed by atoms with Gasteiger partial charge in [-0.1, -0.05) is 0 Å². The van der Waals surface area contributed by atoms with Crippen LogP contribution in [0.5, 0.6) is 11.5 Å². The molecule has 16 heavy (non-hydrogen) atoms.